The van der Waals surface area contributed by atoms with Crippen molar-refractivity contribution in [1.82, 2.24) is 23.1 Å². The summed E-state index contributed by atoms with van der Waals surface area (Å²) in [5, 5.41) is 0. The number of aromatic nitrogens is 5. The lowest BCUT2D eigenvalue weighted by Gasteiger charge is -2.11. The van der Waals surface area contributed by atoms with Crippen LogP contribution in [0.1, 0.15) is 37.1 Å². The summed E-state index contributed by atoms with van der Waals surface area (Å²) >= 11 is 0. The summed E-state index contributed by atoms with van der Waals surface area (Å²) in [7, 11) is 1.68. The SMILES string of the molecule is Cc1cccc(-n2c(C)cn3c4c(=O)n(CCC(C)C)c(=O)n(C)c4nc23)c1C. The van der Waals surface area contributed by atoms with Gasteiger partial charge < -0.3 is 0 Å². The van der Waals surface area contributed by atoms with Crippen LogP contribution in [0.15, 0.2) is 34.0 Å². The summed E-state index contributed by atoms with van der Waals surface area (Å²) in [6.45, 7) is 10.7. The number of rotatable bonds is 4. The maximum atomic E-state index is 13.2. The van der Waals surface area contributed by atoms with Crippen molar-refractivity contribution in [3.05, 3.63) is 62.1 Å². The van der Waals surface area contributed by atoms with Gasteiger partial charge in [-0.15, -0.1) is 0 Å². The van der Waals surface area contributed by atoms with Gasteiger partial charge in [0, 0.05) is 25.5 Å². The van der Waals surface area contributed by atoms with Crippen LogP contribution < -0.4 is 11.2 Å². The highest BCUT2D eigenvalue weighted by Gasteiger charge is 2.21. The third-order valence-electron chi connectivity index (χ3n) is 5.77. The van der Waals surface area contributed by atoms with Crippen molar-refractivity contribution in [3.63, 3.8) is 0 Å². The van der Waals surface area contributed by atoms with Gasteiger partial charge >= 0.3 is 5.69 Å². The molecule has 0 unspecified atom stereocenters. The van der Waals surface area contributed by atoms with E-state index in [0.717, 1.165) is 23.4 Å². The molecule has 152 valence electrons. The normalized spacial score (nSPS) is 12.0. The first kappa shape index (κ1) is 19.2. The Bertz CT molecular complexity index is 1360. The fourth-order valence-electron chi connectivity index (χ4n) is 3.87. The largest absolute Gasteiger partial charge is 0.332 e. The van der Waals surface area contributed by atoms with Crippen LogP contribution >= 0.6 is 0 Å². The molecule has 0 bridgehead atoms. The number of aryl methyl sites for hydroxylation is 3. The molecule has 0 atom stereocenters. The average Bonchev–Trinajstić information content (AvgIpc) is 3.17. The van der Waals surface area contributed by atoms with Crippen molar-refractivity contribution in [1.29, 1.82) is 0 Å². The molecule has 7 heteroatoms. The minimum atomic E-state index is -0.320. The molecule has 0 radical (unpaired) electrons. The Labute approximate surface area is 168 Å². The molecule has 0 N–H and O–H groups in total. The monoisotopic (exact) mass is 393 g/mol. The summed E-state index contributed by atoms with van der Waals surface area (Å²) in [5.74, 6) is 1.04. The van der Waals surface area contributed by atoms with Gasteiger partial charge in [-0.2, -0.15) is 4.98 Å². The first-order chi connectivity index (χ1) is 13.7. The van der Waals surface area contributed by atoms with Crippen LogP contribution in [0, 0.1) is 26.7 Å². The third kappa shape index (κ3) is 2.84. The van der Waals surface area contributed by atoms with Gasteiger partial charge in [0.05, 0.1) is 5.69 Å². The lowest BCUT2D eigenvalue weighted by Crippen LogP contribution is -2.39. The number of hydrogen-bond acceptors (Lipinski definition) is 3. The van der Waals surface area contributed by atoms with Crippen molar-refractivity contribution in [3.8, 4) is 5.69 Å². The summed E-state index contributed by atoms with van der Waals surface area (Å²) in [4.78, 5) is 30.8. The van der Waals surface area contributed by atoms with E-state index in [4.69, 9.17) is 4.98 Å². The zero-order chi connectivity index (χ0) is 21.0. The fourth-order valence-corrected chi connectivity index (χ4v) is 3.87. The molecule has 4 aromatic rings. The van der Waals surface area contributed by atoms with Gasteiger partial charge in [-0.05, 0) is 50.3 Å². The fraction of sp³-hybridized carbons (Fsp3) is 0.409. The van der Waals surface area contributed by atoms with Crippen LogP contribution in [0.4, 0.5) is 0 Å². The highest BCUT2D eigenvalue weighted by Crippen LogP contribution is 2.24. The quantitative estimate of drug-likeness (QED) is 0.535. The summed E-state index contributed by atoms with van der Waals surface area (Å²) in [6, 6.07) is 6.15. The average molecular weight is 393 g/mol. The minimum Gasteiger partial charge on any atom is -0.283 e. The molecule has 1 aromatic carbocycles. The molecule has 0 aliphatic heterocycles. The maximum absolute atomic E-state index is 13.2. The van der Waals surface area contributed by atoms with E-state index in [1.807, 2.05) is 28.2 Å². The Balaban J connectivity index is 2.07. The van der Waals surface area contributed by atoms with Gasteiger partial charge in [0.2, 0.25) is 5.78 Å². The summed E-state index contributed by atoms with van der Waals surface area (Å²) in [6.07, 6.45) is 2.69. The first-order valence-electron chi connectivity index (χ1n) is 9.99. The molecule has 3 aromatic heterocycles. The molecule has 0 saturated heterocycles. The van der Waals surface area contributed by atoms with Gasteiger partial charge in [0.15, 0.2) is 11.2 Å². The Kier molecular flexibility index (Phi) is 4.48. The van der Waals surface area contributed by atoms with Crippen molar-refractivity contribution >= 4 is 16.9 Å². The van der Waals surface area contributed by atoms with Crippen molar-refractivity contribution < 1.29 is 0 Å². The standard InChI is InChI=1S/C22H27N5O2/c1-13(2)10-11-25-20(28)18-19(24(6)22(25)29)23-21-26(18)12-15(4)27(21)17-9-7-8-14(3)16(17)5/h7-9,12-13H,10-11H2,1-6H3. The van der Waals surface area contributed by atoms with Gasteiger partial charge in [0.25, 0.3) is 5.56 Å². The molecule has 0 aliphatic rings. The van der Waals surface area contributed by atoms with Gasteiger partial charge in [-0.25, -0.2) is 4.79 Å². The number of imidazole rings is 2. The van der Waals surface area contributed by atoms with Crippen LogP contribution in [-0.2, 0) is 13.6 Å². The van der Waals surface area contributed by atoms with Crippen molar-refractivity contribution in [2.45, 2.75) is 47.6 Å². The Hall–Kier alpha value is -3.09. The van der Waals surface area contributed by atoms with Gasteiger partial charge in [-0.3, -0.25) is 22.9 Å². The topological polar surface area (TPSA) is 66.2 Å². The van der Waals surface area contributed by atoms with E-state index in [9.17, 15) is 9.59 Å². The minimum absolute atomic E-state index is 0.283. The van der Waals surface area contributed by atoms with E-state index in [0.29, 0.717) is 29.4 Å². The molecule has 0 saturated carbocycles. The molecule has 4 rings (SSSR count). The first-order valence-corrected chi connectivity index (χ1v) is 9.99. The second-order valence-corrected chi connectivity index (χ2v) is 8.26. The Morgan fingerprint density at radius 1 is 1.10 bits per heavy atom. The zero-order valence-corrected chi connectivity index (χ0v) is 17.9. The third-order valence-corrected chi connectivity index (χ3v) is 5.77. The van der Waals surface area contributed by atoms with Crippen LogP contribution in [0.2, 0.25) is 0 Å². The van der Waals surface area contributed by atoms with E-state index in [1.165, 1.54) is 14.7 Å². The highest BCUT2D eigenvalue weighted by molar-refractivity contribution is 5.76. The second-order valence-electron chi connectivity index (χ2n) is 8.26. The van der Waals surface area contributed by atoms with Crippen molar-refractivity contribution in [2.75, 3.05) is 0 Å². The van der Waals surface area contributed by atoms with E-state index in [-0.39, 0.29) is 11.2 Å². The summed E-state index contributed by atoms with van der Waals surface area (Å²) < 4.78 is 6.68. The van der Waals surface area contributed by atoms with E-state index in [1.54, 1.807) is 7.05 Å². The molecule has 7 nitrogen and oxygen atoms in total. The predicted octanol–water partition coefficient (Wildman–Crippen LogP) is 3.11. The van der Waals surface area contributed by atoms with E-state index in [2.05, 4.69) is 39.8 Å². The molecule has 0 amide bonds. The molecular formula is C22H27N5O2. The van der Waals surface area contributed by atoms with Crippen molar-refractivity contribution in [2.24, 2.45) is 13.0 Å². The second kappa shape index (κ2) is 6.76. The lowest BCUT2D eigenvalue weighted by atomic mass is 10.1. The van der Waals surface area contributed by atoms with E-state index < -0.39 is 0 Å². The molecule has 3 heterocycles. The smallest absolute Gasteiger partial charge is 0.283 e. The van der Waals surface area contributed by atoms with E-state index >= 15 is 0 Å². The number of nitrogens with zero attached hydrogens (tertiary/aromatic N) is 5. The Morgan fingerprint density at radius 2 is 1.83 bits per heavy atom. The van der Waals surface area contributed by atoms with Gasteiger partial charge in [0.1, 0.15) is 0 Å². The molecule has 0 aliphatic carbocycles. The number of benzene rings is 1. The maximum Gasteiger partial charge on any atom is 0.332 e. The zero-order valence-electron chi connectivity index (χ0n) is 17.9. The molecule has 29 heavy (non-hydrogen) atoms. The number of fused-ring (bicyclic) bond motifs is 3. The molecule has 0 spiro atoms. The lowest BCUT2D eigenvalue weighted by molar-refractivity contribution is 0.488. The van der Waals surface area contributed by atoms with Crippen LogP contribution in [-0.4, -0.2) is 23.1 Å². The van der Waals surface area contributed by atoms with Crippen LogP contribution in [0.25, 0.3) is 22.6 Å². The number of hydrogen-bond donors (Lipinski definition) is 0. The molecule has 0 fully saturated rings. The Morgan fingerprint density at radius 3 is 2.52 bits per heavy atom. The van der Waals surface area contributed by atoms with Gasteiger partial charge in [-0.1, -0.05) is 26.0 Å². The molecular weight excluding hydrogens is 366 g/mol. The highest BCUT2D eigenvalue weighted by atomic mass is 16.2. The van der Waals surface area contributed by atoms with Crippen LogP contribution in [0.5, 0.6) is 0 Å². The summed E-state index contributed by atoms with van der Waals surface area (Å²) in [5.41, 5.74) is 4.60. The van der Waals surface area contributed by atoms with Crippen LogP contribution in [0.3, 0.4) is 0 Å². The predicted molar refractivity (Wildman–Crippen MR) is 115 cm³/mol.